The van der Waals surface area contributed by atoms with Crippen molar-refractivity contribution in [3.05, 3.63) is 28.8 Å². The number of alkyl halides is 3. The van der Waals surface area contributed by atoms with Crippen LogP contribution in [0.1, 0.15) is 21.5 Å². The molecule has 0 aliphatic rings. The van der Waals surface area contributed by atoms with Crippen molar-refractivity contribution in [2.24, 2.45) is 0 Å². The molecule has 0 saturated carbocycles. The lowest BCUT2D eigenvalue weighted by Crippen LogP contribution is -2.16. The first-order chi connectivity index (χ1) is 7.96. The lowest BCUT2D eigenvalue weighted by atomic mass is 10.0. The predicted molar refractivity (Wildman–Crippen MR) is 56.3 cm³/mol. The van der Waals surface area contributed by atoms with Gasteiger partial charge in [0.05, 0.1) is 16.0 Å². The van der Waals surface area contributed by atoms with Crippen molar-refractivity contribution in [1.82, 2.24) is 0 Å². The van der Waals surface area contributed by atoms with Crippen molar-refractivity contribution >= 4 is 15.8 Å². The monoisotopic (exact) mass is 282 g/mol. The largest absolute Gasteiger partial charge is 0.478 e. The van der Waals surface area contributed by atoms with Gasteiger partial charge in [-0.25, -0.2) is 13.2 Å². The molecule has 0 unspecified atom stereocenters. The van der Waals surface area contributed by atoms with Crippen LogP contribution in [-0.2, 0) is 16.0 Å². The Morgan fingerprint density at radius 1 is 1.28 bits per heavy atom. The fraction of sp³-hybridized carbons (Fsp3) is 0.300. The first-order valence-electron chi connectivity index (χ1n) is 4.60. The van der Waals surface area contributed by atoms with Crippen molar-refractivity contribution in [3.63, 3.8) is 0 Å². The van der Waals surface area contributed by atoms with Gasteiger partial charge in [-0.3, -0.25) is 0 Å². The van der Waals surface area contributed by atoms with E-state index in [4.69, 9.17) is 5.11 Å². The van der Waals surface area contributed by atoms with Gasteiger partial charge in [0.15, 0.2) is 9.84 Å². The lowest BCUT2D eigenvalue weighted by Gasteiger charge is -2.15. The van der Waals surface area contributed by atoms with Gasteiger partial charge in [0.2, 0.25) is 0 Å². The van der Waals surface area contributed by atoms with Crippen LogP contribution >= 0.6 is 0 Å². The molecule has 0 heterocycles. The minimum Gasteiger partial charge on any atom is -0.478 e. The Morgan fingerprint density at radius 3 is 2.11 bits per heavy atom. The summed E-state index contributed by atoms with van der Waals surface area (Å²) in [5, 5.41) is 8.77. The van der Waals surface area contributed by atoms with Crippen LogP contribution in [0, 0.1) is 6.92 Å². The summed E-state index contributed by atoms with van der Waals surface area (Å²) in [5.74, 6) is -1.48. The van der Waals surface area contributed by atoms with Gasteiger partial charge in [-0.15, -0.1) is 0 Å². The Morgan fingerprint density at radius 2 is 1.78 bits per heavy atom. The van der Waals surface area contributed by atoms with E-state index in [2.05, 4.69) is 0 Å². The molecule has 0 radical (unpaired) electrons. The zero-order chi connectivity index (χ0) is 14.3. The fourth-order valence-electron chi connectivity index (χ4n) is 1.62. The smallest absolute Gasteiger partial charge is 0.417 e. The minimum atomic E-state index is -4.86. The minimum absolute atomic E-state index is 0.417. The molecular formula is C10H9F3O4S. The van der Waals surface area contributed by atoms with Gasteiger partial charge in [0.1, 0.15) is 0 Å². The molecule has 0 aliphatic carbocycles. The van der Waals surface area contributed by atoms with Crippen LogP contribution in [0.3, 0.4) is 0 Å². The lowest BCUT2D eigenvalue weighted by molar-refractivity contribution is -0.140. The average molecular weight is 282 g/mol. The Hall–Kier alpha value is -1.57. The SMILES string of the molecule is Cc1c(C(=O)O)ccc(C(F)(F)F)c1S(C)(=O)=O. The predicted octanol–water partition coefficient (Wildman–Crippen LogP) is 2.12. The fourth-order valence-corrected chi connectivity index (χ4v) is 2.87. The van der Waals surface area contributed by atoms with E-state index in [0.717, 1.165) is 13.0 Å². The maximum Gasteiger partial charge on any atom is 0.417 e. The first-order valence-corrected chi connectivity index (χ1v) is 6.49. The van der Waals surface area contributed by atoms with Gasteiger partial charge in [0, 0.05) is 6.26 Å². The van der Waals surface area contributed by atoms with Gasteiger partial charge >= 0.3 is 12.1 Å². The number of rotatable bonds is 2. The molecule has 0 aromatic heterocycles. The molecule has 0 atom stereocenters. The van der Waals surface area contributed by atoms with Crippen molar-refractivity contribution in [2.45, 2.75) is 18.0 Å². The molecular weight excluding hydrogens is 273 g/mol. The molecule has 0 aliphatic heterocycles. The van der Waals surface area contributed by atoms with Crippen LogP contribution in [-0.4, -0.2) is 25.7 Å². The zero-order valence-electron chi connectivity index (χ0n) is 9.37. The van der Waals surface area contributed by atoms with E-state index in [-0.39, 0.29) is 0 Å². The summed E-state index contributed by atoms with van der Waals surface area (Å²) in [7, 11) is -4.19. The number of carbonyl (C=O) groups is 1. The molecule has 0 amide bonds. The standard InChI is InChI=1S/C10H9F3O4S/c1-5-6(9(14)15)3-4-7(10(11,12)13)8(5)18(2,16)17/h3-4H,1-2H3,(H,14,15). The highest BCUT2D eigenvalue weighted by atomic mass is 32.2. The molecule has 8 heteroatoms. The van der Waals surface area contributed by atoms with Crippen LogP contribution in [0.2, 0.25) is 0 Å². The molecule has 4 nitrogen and oxygen atoms in total. The summed E-state index contributed by atoms with van der Waals surface area (Å²) in [5.41, 5.74) is -2.24. The molecule has 18 heavy (non-hydrogen) atoms. The third kappa shape index (κ3) is 2.63. The molecule has 0 spiro atoms. The van der Waals surface area contributed by atoms with E-state index in [1.807, 2.05) is 0 Å². The van der Waals surface area contributed by atoms with E-state index in [0.29, 0.717) is 12.3 Å². The Balaban J connectivity index is 3.80. The number of carboxylic acid groups (broad SMARTS) is 1. The van der Waals surface area contributed by atoms with Crippen LogP contribution in [0.25, 0.3) is 0 Å². The molecule has 100 valence electrons. The van der Waals surface area contributed by atoms with Crippen molar-refractivity contribution in [1.29, 1.82) is 0 Å². The second-order valence-electron chi connectivity index (χ2n) is 3.69. The average Bonchev–Trinajstić information content (AvgIpc) is 2.12. The maximum absolute atomic E-state index is 12.7. The summed E-state index contributed by atoms with van der Waals surface area (Å²) in [4.78, 5) is 9.80. The normalized spacial score (nSPS) is 12.5. The van der Waals surface area contributed by atoms with Crippen LogP contribution in [0.15, 0.2) is 17.0 Å². The second kappa shape index (κ2) is 4.27. The molecule has 1 rings (SSSR count). The summed E-state index contributed by atoms with van der Waals surface area (Å²) < 4.78 is 60.8. The van der Waals surface area contributed by atoms with Crippen molar-refractivity contribution < 1.29 is 31.5 Å². The highest BCUT2D eigenvalue weighted by molar-refractivity contribution is 7.90. The van der Waals surface area contributed by atoms with Crippen LogP contribution in [0.5, 0.6) is 0 Å². The number of aromatic carboxylic acids is 1. The van der Waals surface area contributed by atoms with E-state index < -0.39 is 43.6 Å². The van der Waals surface area contributed by atoms with Gasteiger partial charge in [0.25, 0.3) is 0 Å². The Bertz CT molecular complexity index is 602. The third-order valence-electron chi connectivity index (χ3n) is 2.31. The topological polar surface area (TPSA) is 71.4 Å². The van der Waals surface area contributed by atoms with Crippen molar-refractivity contribution in [3.8, 4) is 0 Å². The number of hydrogen-bond donors (Lipinski definition) is 1. The summed E-state index contributed by atoms with van der Waals surface area (Å²) in [6.45, 7) is 1.04. The molecule has 1 aromatic rings. The summed E-state index contributed by atoms with van der Waals surface area (Å²) in [6, 6.07) is 1.21. The summed E-state index contributed by atoms with van der Waals surface area (Å²) in [6.07, 6.45) is -4.25. The van der Waals surface area contributed by atoms with E-state index in [9.17, 15) is 26.4 Å². The van der Waals surface area contributed by atoms with Crippen molar-refractivity contribution in [2.75, 3.05) is 6.26 Å². The zero-order valence-corrected chi connectivity index (χ0v) is 10.2. The highest BCUT2D eigenvalue weighted by Crippen LogP contribution is 2.36. The summed E-state index contributed by atoms with van der Waals surface area (Å²) >= 11 is 0. The van der Waals surface area contributed by atoms with Gasteiger partial charge in [-0.1, -0.05) is 0 Å². The van der Waals surface area contributed by atoms with Crippen LogP contribution in [0.4, 0.5) is 13.2 Å². The number of benzene rings is 1. The molecule has 0 saturated heterocycles. The first kappa shape index (κ1) is 14.5. The molecule has 1 aromatic carbocycles. The highest BCUT2D eigenvalue weighted by Gasteiger charge is 2.38. The van der Waals surface area contributed by atoms with E-state index in [1.165, 1.54) is 0 Å². The van der Waals surface area contributed by atoms with Crippen LogP contribution < -0.4 is 0 Å². The Kier molecular flexibility index (Phi) is 3.44. The second-order valence-corrected chi connectivity index (χ2v) is 5.64. The number of carboxylic acids is 1. The third-order valence-corrected chi connectivity index (χ3v) is 3.58. The maximum atomic E-state index is 12.7. The van der Waals surface area contributed by atoms with Gasteiger partial charge in [-0.05, 0) is 24.6 Å². The molecule has 1 N–H and O–H groups in total. The molecule has 0 fully saturated rings. The van der Waals surface area contributed by atoms with Gasteiger partial charge < -0.3 is 5.11 Å². The quantitative estimate of drug-likeness (QED) is 0.901. The Labute approximate surface area is 101 Å². The number of halogens is 3. The van der Waals surface area contributed by atoms with Gasteiger partial charge in [-0.2, -0.15) is 13.2 Å². The number of hydrogen-bond acceptors (Lipinski definition) is 3. The number of sulfone groups is 1. The van der Waals surface area contributed by atoms with E-state index >= 15 is 0 Å². The van der Waals surface area contributed by atoms with E-state index in [1.54, 1.807) is 0 Å². The molecule has 0 bridgehead atoms.